The number of aromatic nitrogens is 1. The SMILES string of the molecule is Cc1c(C2CCNCC2CN)c2ccccc2n1C. The number of hydrogen-bond donors (Lipinski definition) is 2. The highest BCUT2D eigenvalue weighted by Gasteiger charge is 2.29. The van der Waals surface area contributed by atoms with Crippen LogP contribution in [0.2, 0.25) is 0 Å². The van der Waals surface area contributed by atoms with E-state index in [1.54, 1.807) is 0 Å². The zero-order chi connectivity index (χ0) is 13.4. The van der Waals surface area contributed by atoms with Gasteiger partial charge in [0.25, 0.3) is 0 Å². The van der Waals surface area contributed by atoms with Crippen LogP contribution in [0, 0.1) is 12.8 Å². The maximum absolute atomic E-state index is 5.99. The van der Waals surface area contributed by atoms with Crippen LogP contribution in [0.4, 0.5) is 0 Å². The Morgan fingerprint density at radius 2 is 2.16 bits per heavy atom. The van der Waals surface area contributed by atoms with Gasteiger partial charge in [-0.15, -0.1) is 0 Å². The molecule has 3 nitrogen and oxygen atoms in total. The summed E-state index contributed by atoms with van der Waals surface area (Å²) in [5, 5.41) is 4.88. The minimum absolute atomic E-state index is 0.554. The molecule has 102 valence electrons. The predicted octanol–water partition coefficient (Wildman–Crippen LogP) is 2.14. The summed E-state index contributed by atoms with van der Waals surface area (Å²) in [5.74, 6) is 1.15. The van der Waals surface area contributed by atoms with Gasteiger partial charge in [-0.1, -0.05) is 18.2 Å². The van der Waals surface area contributed by atoms with Crippen molar-refractivity contribution in [3.05, 3.63) is 35.5 Å². The molecular weight excluding hydrogens is 234 g/mol. The largest absolute Gasteiger partial charge is 0.348 e. The molecule has 3 N–H and O–H groups in total. The van der Waals surface area contributed by atoms with Gasteiger partial charge in [0.2, 0.25) is 0 Å². The summed E-state index contributed by atoms with van der Waals surface area (Å²) in [5.41, 5.74) is 10.2. The Balaban J connectivity index is 2.16. The van der Waals surface area contributed by atoms with E-state index in [9.17, 15) is 0 Å². The smallest absolute Gasteiger partial charge is 0.0482 e. The van der Waals surface area contributed by atoms with E-state index in [-0.39, 0.29) is 0 Å². The van der Waals surface area contributed by atoms with E-state index in [4.69, 9.17) is 5.73 Å². The van der Waals surface area contributed by atoms with E-state index in [0.29, 0.717) is 11.8 Å². The van der Waals surface area contributed by atoms with Crippen molar-refractivity contribution in [3.8, 4) is 0 Å². The molecular formula is C16H23N3. The molecule has 0 saturated carbocycles. The van der Waals surface area contributed by atoms with E-state index in [1.807, 2.05) is 0 Å². The van der Waals surface area contributed by atoms with Gasteiger partial charge in [0.1, 0.15) is 0 Å². The first-order chi connectivity index (χ1) is 9.24. The maximum Gasteiger partial charge on any atom is 0.0482 e. The lowest BCUT2D eigenvalue weighted by Crippen LogP contribution is -2.39. The molecule has 0 radical (unpaired) electrons. The van der Waals surface area contributed by atoms with Gasteiger partial charge in [-0.25, -0.2) is 0 Å². The zero-order valence-corrected chi connectivity index (χ0v) is 11.8. The summed E-state index contributed by atoms with van der Waals surface area (Å²) in [6.45, 7) is 5.15. The molecule has 19 heavy (non-hydrogen) atoms. The molecule has 0 bridgehead atoms. The number of benzene rings is 1. The number of rotatable bonds is 2. The van der Waals surface area contributed by atoms with Crippen LogP contribution in [0.25, 0.3) is 10.9 Å². The Morgan fingerprint density at radius 3 is 2.95 bits per heavy atom. The van der Waals surface area contributed by atoms with Crippen LogP contribution in [0.3, 0.4) is 0 Å². The molecule has 3 heteroatoms. The summed E-state index contributed by atoms with van der Waals surface area (Å²) < 4.78 is 2.32. The highest BCUT2D eigenvalue weighted by atomic mass is 15.0. The number of piperidine rings is 1. The van der Waals surface area contributed by atoms with Gasteiger partial charge in [-0.05, 0) is 56.4 Å². The third-order valence-corrected chi connectivity index (χ3v) is 4.73. The summed E-state index contributed by atoms with van der Waals surface area (Å²) in [6.07, 6.45) is 1.19. The predicted molar refractivity (Wildman–Crippen MR) is 80.4 cm³/mol. The molecule has 1 saturated heterocycles. The number of nitrogens with two attached hydrogens (primary N) is 1. The molecule has 1 aromatic heterocycles. The molecule has 0 amide bonds. The Bertz CT molecular complexity index is 585. The highest BCUT2D eigenvalue weighted by molar-refractivity contribution is 5.86. The Hall–Kier alpha value is -1.32. The van der Waals surface area contributed by atoms with Crippen molar-refractivity contribution in [2.45, 2.75) is 19.3 Å². The number of hydrogen-bond acceptors (Lipinski definition) is 2. The van der Waals surface area contributed by atoms with Crippen LogP contribution >= 0.6 is 0 Å². The second-order valence-electron chi connectivity index (χ2n) is 5.67. The molecule has 2 atom stereocenters. The zero-order valence-electron chi connectivity index (χ0n) is 11.8. The second kappa shape index (κ2) is 4.99. The van der Waals surface area contributed by atoms with Crippen LogP contribution < -0.4 is 11.1 Å². The van der Waals surface area contributed by atoms with Gasteiger partial charge in [0, 0.05) is 23.6 Å². The van der Waals surface area contributed by atoms with Crippen molar-refractivity contribution in [2.75, 3.05) is 19.6 Å². The van der Waals surface area contributed by atoms with E-state index >= 15 is 0 Å². The lowest BCUT2D eigenvalue weighted by Gasteiger charge is -2.32. The number of nitrogens with one attached hydrogen (secondary N) is 1. The Morgan fingerprint density at radius 1 is 1.37 bits per heavy atom. The van der Waals surface area contributed by atoms with Crippen LogP contribution in [0.1, 0.15) is 23.6 Å². The van der Waals surface area contributed by atoms with Gasteiger partial charge in [0.05, 0.1) is 0 Å². The minimum Gasteiger partial charge on any atom is -0.348 e. The Kier molecular flexibility index (Phi) is 3.33. The van der Waals surface area contributed by atoms with Gasteiger partial charge >= 0.3 is 0 Å². The average Bonchev–Trinajstić information content (AvgIpc) is 2.71. The van der Waals surface area contributed by atoms with Crippen LogP contribution in [-0.4, -0.2) is 24.2 Å². The average molecular weight is 257 g/mol. The first-order valence-electron chi connectivity index (χ1n) is 7.18. The van der Waals surface area contributed by atoms with Crippen molar-refractivity contribution in [2.24, 2.45) is 18.7 Å². The fourth-order valence-corrected chi connectivity index (χ4v) is 3.57. The molecule has 3 rings (SSSR count). The first-order valence-corrected chi connectivity index (χ1v) is 7.18. The van der Waals surface area contributed by atoms with Gasteiger partial charge in [-0.2, -0.15) is 0 Å². The molecule has 2 aromatic rings. The first kappa shape index (κ1) is 12.7. The standard InChI is InChI=1S/C16H23N3/c1-11-16(13-7-8-18-10-12(13)9-17)14-5-3-4-6-15(14)19(11)2/h3-6,12-13,18H,7-10,17H2,1-2H3. The topological polar surface area (TPSA) is 43.0 Å². The van der Waals surface area contributed by atoms with Crippen molar-refractivity contribution in [1.29, 1.82) is 0 Å². The third-order valence-electron chi connectivity index (χ3n) is 4.73. The summed E-state index contributed by atoms with van der Waals surface area (Å²) in [7, 11) is 2.17. The molecule has 1 aliphatic rings. The summed E-state index contributed by atoms with van der Waals surface area (Å²) >= 11 is 0. The minimum atomic E-state index is 0.554. The summed E-state index contributed by atoms with van der Waals surface area (Å²) in [6, 6.07) is 8.73. The molecule has 0 spiro atoms. The monoisotopic (exact) mass is 257 g/mol. The van der Waals surface area contributed by atoms with E-state index in [2.05, 4.69) is 48.1 Å². The van der Waals surface area contributed by atoms with Crippen molar-refractivity contribution in [1.82, 2.24) is 9.88 Å². The number of nitrogens with zero attached hydrogens (tertiary/aromatic N) is 1. The molecule has 2 heterocycles. The van der Waals surface area contributed by atoms with Gasteiger partial charge in [-0.3, -0.25) is 0 Å². The Labute approximate surface area is 114 Å². The van der Waals surface area contributed by atoms with E-state index < -0.39 is 0 Å². The third kappa shape index (κ3) is 1.97. The summed E-state index contributed by atoms with van der Waals surface area (Å²) in [4.78, 5) is 0. The van der Waals surface area contributed by atoms with Crippen molar-refractivity contribution >= 4 is 10.9 Å². The maximum atomic E-state index is 5.99. The fraction of sp³-hybridized carbons (Fsp3) is 0.500. The quantitative estimate of drug-likeness (QED) is 0.865. The molecule has 1 aromatic carbocycles. The molecule has 0 aliphatic carbocycles. The van der Waals surface area contributed by atoms with Crippen molar-refractivity contribution < 1.29 is 0 Å². The lowest BCUT2D eigenvalue weighted by molar-refractivity contribution is 0.333. The van der Waals surface area contributed by atoms with E-state index in [1.165, 1.54) is 28.6 Å². The van der Waals surface area contributed by atoms with Crippen LogP contribution in [-0.2, 0) is 7.05 Å². The highest BCUT2D eigenvalue weighted by Crippen LogP contribution is 2.37. The van der Waals surface area contributed by atoms with E-state index in [0.717, 1.165) is 19.6 Å². The number of para-hydroxylation sites is 1. The second-order valence-corrected chi connectivity index (χ2v) is 5.67. The van der Waals surface area contributed by atoms with Crippen molar-refractivity contribution in [3.63, 3.8) is 0 Å². The normalized spacial score (nSPS) is 23.9. The molecule has 1 aliphatic heterocycles. The number of fused-ring (bicyclic) bond motifs is 1. The number of aryl methyl sites for hydroxylation is 1. The lowest BCUT2D eigenvalue weighted by atomic mass is 9.80. The molecule has 1 fully saturated rings. The van der Waals surface area contributed by atoms with Crippen LogP contribution in [0.5, 0.6) is 0 Å². The van der Waals surface area contributed by atoms with Gasteiger partial charge in [0.15, 0.2) is 0 Å². The van der Waals surface area contributed by atoms with Crippen LogP contribution in [0.15, 0.2) is 24.3 Å². The fourth-order valence-electron chi connectivity index (χ4n) is 3.57. The molecule has 2 unspecified atom stereocenters. The van der Waals surface area contributed by atoms with Gasteiger partial charge < -0.3 is 15.6 Å².